The Morgan fingerprint density at radius 3 is 2.42 bits per heavy atom. The normalized spacial score (nSPS) is 9.92. The third-order valence-electron chi connectivity index (χ3n) is 3.25. The number of hydrogen-bond acceptors (Lipinski definition) is 3. The molecule has 0 fully saturated rings. The van der Waals surface area contributed by atoms with E-state index in [2.05, 4.69) is 22.7 Å². The van der Waals surface area contributed by atoms with Crippen LogP contribution in [-0.2, 0) is 4.79 Å². The van der Waals surface area contributed by atoms with Gasteiger partial charge in [-0.25, -0.2) is 4.39 Å². The average molecular weight is 327 g/mol. The van der Waals surface area contributed by atoms with Gasteiger partial charge in [0.15, 0.2) is 0 Å². The number of halogens is 1. The SMILES string of the molecule is C=C(NNC(=O)CNC(=O)c1cccc(F)c1)c1ccc(C)cc1. The second kappa shape index (κ2) is 7.92. The summed E-state index contributed by atoms with van der Waals surface area (Å²) >= 11 is 0. The molecule has 6 heteroatoms. The number of carbonyl (C=O) groups is 2. The Bertz CT molecular complexity index is 757. The molecule has 2 aromatic rings. The molecule has 0 saturated heterocycles. The number of hydrazine groups is 1. The third-order valence-corrected chi connectivity index (χ3v) is 3.25. The van der Waals surface area contributed by atoms with Gasteiger partial charge in [-0.1, -0.05) is 42.5 Å². The summed E-state index contributed by atoms with van der Waals surface area (Å²) in [6, 6.07) is 12.9. The zero-order chi connectivity index (χ0) is 17.5. The first kappa shape index (κ1) is 17.2. The van der Waals surface area contributed by atoms with Crippen molar-refractivity contribution < 1.29 is 14.0 Å². The maximum atomic E-state index is 13.0. The first-order valence-electron chi connectivity index (χ1n) is 7.30. The van der Waals surface area contributed by atoms with Gasteiger partial charge in [-0.05, 0) is 30.7 Å². The Labute approximate surface area is 139 Å². The Kier molecular flexibility index (Phi) is 5.68. The van der Waals surface area contributed by atoms with Crippen LogP contribution in [0.4, 0.5) is 4.39 Å². The Hall–Kier alpha value is -3.15. The maximum absolute atomic E-state index is 13.0. The van der Waals surface area contributed by atoms with Crippen molar-refractivity contribution in [3.63, 3.8) is 0 Å². The van der Waals surface area contributed by atoms with Crippen molar-refractivity contribution in [3.05, 3.63) is 77.6 Å². The molecule has 3 N–H and O–H groups in total. The lowest BCUT2D eigenvalue weighted by Gasteiger charge is -2.12. The summed E-state index contributed by atoms with van der Waals surface area (Å²) in [5.74, 6) is -1.49. The molecule has 0 aromatic heterocycles. The second-order valence-electron chi connectivity index (χ2n) is 5.21. The van der Waals surface area contributed by atoms with E-state index in [0.29, 0.717) is 5.70 Å². The minimum Gasteiger partial charge on any atom is -0.343 e. The van der Waals surface area contributed by atoms with Crippen molar-refractivity contribution in [2.24, 2.45) is 0 Å². The van der Waals surface area contributed by atoms with Crippen LogP contribution in [0.5, 0.6) is 0 Å². The highest BCUT2D eigenvalue weighted by atomic mass is 19.1. The van der Waals surface area contributed by atoms with Gasteiger partial charge in [0.2, 0.25) is 0 Å². The number of benzene rings is 2. The molecule has 0 spiro atoms. The van der Waals surface area contributed by atoms with Gasteiger partial charge in [0.25, 0.3) is 11.8 Å². The molecule has 0 aliphatic carbocycles. The maximum Gasteiger partial charge on any atom is 0.257 e. The average Bonchev–Trinajstić information content (AvgIpc) is 2.58. The third kappa shape index (κ3) is 4.95. The van der Waals surface area contributed by atoms with Gasteiger partial charge in [0.05, 0.1) is 12.2 Å². The molecule has 2 amide bonds. The Morgan fingerprint density at radius 1 is 1.04 bits per heavy atom. The summed E-state index contributed by atoms with van der Waals surface area (Å²) in [5, 5.41) is 2.41. The zero-order valence-electron chi connectivity index (χ0n) is 13.2. The lowest BCUT2D eigenvalue weighted by molar-refractivity contribution is -0.120. The number of nitrogens with one attached hydrogen (secondary N) is 3. The molecule has 0 bridgehead atoms. The summed E-state index contributed by atoms with van der Waals surface area (Å²) in [7, 11) is 0. The lowest BCUT2D eigenvalue weighted by atomic mass is 10.1. The first-order valence-corrected chi connectivity index (χ1v) is 7.30. The highest BCUT2D eigenvalue weighted by Crippen LogP contribution is 2.09. The molecule has 0 aliphatic heterocycles. The number of amides is 2. The van der Waals surface area contributed by atoms with Crippen LogP contribution >= 0.6 is 0 Å². The molecule has 0 heterocycles. The Balaban J connectivity index is 1.78. The molecule has 2 rings (SSSR count). The minimum absolute atomic E-state index is 0.153. The van der Waals surface area contributed by atoms with Crippen LogP contribution in [0.2, 0.25) is 0 Å². The highest BCUT2D eigenvalue weighted by molar-refractivity contribution is 5.96. The van der Waals surface area contributed by atoms with Crippen molar-refractivity contribution in [2.45, 2.75) is 6.92 Å². The van der Waals surface area contributed by atoms with Gasteiger partial charge in [0.1, 0.15) is 5.82 Å². The van der Waals surface area contributed by atoms with Crippen molar-refractivity contribution in [3.8, 4) is 0 Å². The van der Waals surface area contributed by atoms with Crippen LogP contribution in [0.25, 0.3) is 5.70 Å². The molecule has 124 valence electrons. The van der Waals surface area contributed by atoms with E-state index >= 15 is 0 Å². The minimum atomic E-state index is -0.526. The topological polar surface area (TPSA) is 70.2 Å². The van der Waals surface area contributed by atoms with E-state index in [0.717, 1.165) is 17.2 Å². The van der Waals surface area contributed by atoms with Crippen LogP contribution in [0.1, 0.15) is 21.5 Å². The summed E-state index contributed by atoms with van der Waals surface area (Å²) in [5.41, 5.74) is 7.76. The van der Waals surface area contributed by atoms with E-state index in [1.54, 1.807) is 0 Å². The summed E-state index contributed by atoms with van der Waals surface area (Å²) in [6.07, 6.45) is 0. The van der Waals surface area contributed by atoms with Gasteiger partial charge in [-0.3, -0.25) is 20.4 Å². The fourth-order valence-corrected chi connectivity index (χ4v) is 1.91. The molecule has 2 aromatic carbocycles. The molecule has 0 radical (unpaired) electrons. The quantitative estimate of drug-likeness (QED) is 0.712. The molecule has 0 unspecified atom stereocenters. The van der Waals surface area contributed by atoms with Crippen molar-refractivity contribution in [2.75, 3.05) is 6.54 Å². The summed E-state index contributed by atoms with van der Waals surface area (Å²) in [4.78, 5) is 23.5. The molecular formula is C18H18FN3O2. The molecule has 0 atom stereocenters. The molecule has 0 aliphatic rings. The van der Waals surface area contributed by atoms with E-state index in [1.807, 2.05) is 31.2 Å². The summed E-state index contributed by atoms with van der Waals surface area (Å²) in [6.45, 7) is 5.55. The van der Waals surface area contributed by atoms with Crippen LogP contribution in [0.3, 0.4) is 0 Å². The predicted molar refractivity (Wildman–Crippen MR) is 90.2 cm³/mol. The fraction of sp³-hybridized carbons (Fsp3) is 0.111. The van der Waals surface area contributed by atoms with Crippen molar-refractivity contribution in [1.82, 2.24) is 16.2 Å². The van der Waals surface area contributed by atoms with Gasteiger partial charge in [-0.2, -0.15) is 0 Å². The summed E-state index contributed by atoms with van der Waals surface area (Å²) < 4.78 is 13.0. The monoisotopic (exact) mass is 327 g/mol. The van der Waals surface area contributed by atoms with Crippen molar-refractivity contribution in [1.29, 1.82) is 0 Å². The van der Waals surface area contributed by atoms with E-state index in [9.17, 15) is 14.0 Å². The lowest BCUT2D eigenvalue weighted by Crippen LogP contribution is -2.42. The van der Waals surface area contributed by atoms with Crippen LogP contribution in [-0.4, -0.2) is 18.4 Å². The molecule has 24 heavy (non-hydrogen) atoms. The standard InChI is InChI=1S/C18H18FN3O2/c1-12-6-8-14(9-7-12)13(2)21-22-17(23)11-20-18(24)15-4-3-5-16(19)10-15/h3-10,21H,2,11H2,1H3,(H,20,24)(H,22,23). The van der Waals surface area contributed by atoms with Crippen LogP contribution in [0.15, 0.2) is 55.1 Å². The van der Waals surface area contributed by atoms with Gasteiger partial charge >= 0.3 is 0 Å². The Morgan fingerprint density at radius 2 is 1.75 bits per heavy atom. The highest BCUT2D eigenvalue weighted by Gasteiger charge is 2.09. The fourth-order valence-electron chi connectivity index (χ4n) is 1.91. The van der Waals surface area contributed by atoms with Gasteiger partial charge in [-0.15, -0.1) is 0 Å². The number of rotatable bonds is 6. The van der Waals surface area contributed by atoms with E-state index in [-0.39, 0.29) is 12.1 Å². The number of carbonyl (C=O) groups excluding carboxylic acids is 2. The number of aryl methyl sites for hydroxylation is 1. The van der Waals surface area contributed by atoms with Crippen LogP contribution in [0, 0.1) is 12.7 Å². The molecule has 0 saturated carbocycles. The van der Waals surface area contributed by atoms with E-state index < -0.39 is 17.6 Å². The zero-order valence-corrected chi connectivity index (χ0v) is 13.2. The predicted octanol–water partition coefficient (Wildman–Crippen LogP) is 2.16. The van der Waals surface area contributed by atoms with Crippen molar-refractivity contribution >= 4 is 17.5 Å². The largest absolute Gasteiger partial charge is 0.343 e. The molecule has 5 nitrogen and oxygen atoms in total. The van der Waals surface area contributed by atoms with Gasteiger partial charge in [0, 0.05) is 5.56 Å². The molecular weight excluding hydrogens is 309 g/mol. The van der Waals surface area contributed by atoms with E-state index in [1.165, 1.54) is 18.2 Å². The smallest absolute Gasteiger partial charge is 0.257 e. The second-order valence-corrected chi connectivity index (χ2v) is 5.21. The van der Waals surface area contributed by atoms with Gasteiger partial charge < -0.3 is 5.32 Å². The van der Waals surface area contributed by atoms with Crippen LogP contribution < -0.4 is 16.2 Å². The van der Waals surface area contributed by atoms with E-state index in [4.69, 9.17) is 0 Å². The number of hydrogen-bond donors (Lipinski definition) is 3. The first-order chi connectivity index (χ1) is 11.5.